The highest BCUT2D eigenvalue weighted by Gasteiger charge is 2.23. The van der Waals surface area contributed by atoms with Crippen LogP contribution in [-0.2, 0) is 11.2 Å². The van der Waals surface area contributed by atoms with Gasteiger partial charge in [0, 0.05) is 0 Å². The van der Waals surface area contributed by atoms with E-state index in [1.807, 2.05) is 31.2 Å². The fourth-order valence-corrected chi connectivity index (χ4v) is 3.27. The first kappa shape index (κ1) is 17.0. The molecule has 0 aliphatic rings. The van der Waals surface area contributed by atoms with Crippen LogP contribution in [0.25, 0.3) is 27.5 Å². The number of hydrogen-bond acceptors (Lipinski definition) is 6. The molecule has 4 aromatic rings. The Kier molecular flexibility index (Phi) is 4.19. The molecule has 7 heteroatoms. The molecule has 0 saturated carbocycles. The van der Waals surface area contributed by atoms with Gasteiger partial charge in [-0.15, -0.1) is 10.2 Å². The van der Waals surface area contributed by atoms with E-state index in [1.165, 1.54) is 4.52 Å². The zero-order valence-electron chi connectivity index (χ0n) is 15.1. The summed E-state index contributed by atoms with van der Waals surface area (Å²) in [6.45, 7) is 3.98. The maximum atomic E-state index is 12.1. The summed E-state index contributed by atoms with van der Waals surface area (Å²) in [5, 5.41) is 15.1. The van der Waals surface area contributed by atoms with Gasteiger partial charge in [0.25, 0.3) is 0 Å². The van der Waals surface area contributed by atoms with Gasteiger partial charge in [-0.25, -0.2) is 4.79 Å². The quantitative estimate of drug-likeness (QED) is 0.561. The molecule has 0 atom stereocenters. The number of ether oxygens (including phenoxy) is 1. The molecule has 0 aliphatic carbocycles. The third kappa shape index (κ3) is 2.68. The second-order valence-electron chi connectivity index (χ2n) is 6.09. The molecule has 0 aliphatic heterocycles. The van der Waals surface area contributed by atoms with Gasteiger partial charge in [0.2, 0.25) is 5.69 Å². The van der Waals surface area contributed by atoms with Crippen molar-refractivity contribution in [2.45, 2.75) is 20.3 Å². The fourth-order valence-electron chi connectivity index (χ4n) is 3.27. The van der Waals surface area contributed by atoms with Gasteiger partial charge in [0.1, 0.15) is 0 Å². The molecule has 2 heterocycles. The average molecular weight is 361 g/mol. The lowest BCUT2D eigenvalue weighted by atomic mass is 9.97. The first-order valence-electron chi connectivity index (χ1n) is 8.84. The van der Waals surface area contributed by atoms with Crippen LogP contribution in [0.1, 0.15) is 30.0 Å². The highest BCUT2D eigenvalue weighted by Crippen LogP contribution is 2.34. The Morgan fingerprint density at radius 3 is 2.67 bits per heavy atom. The first-order chi connectivity index (χ1) is 13.2. The van der Waals surface area contributed by atoms with E-state index < -0.39 is 5.97 Å². The van der Waals surface area contributed by atoms with E-state index in [-0.39, 0.29) is 18.1 Å². The fraction of sp³-hybridized carbons (Fsp3) is 0.200. The molecule has 0 unspecified atom stereocenters. The number of carbonyl (C=O) groups excluding carboxylic acids is 1. The molecule has 2 N–H and O–H groups in total. The molecule has 0 fully saturated rings. The molecular formula is C20H19N5O2. The van der Waals surface area contributed by atoms with Crippen LogP contribution in [0.4, 0.5) is 5.82 Å². The van der Waals surface area contributed by atoms with Crippen LogP contribution in [0, 0.1) is 0 Å². The molecular weight excluding hydrogens is 342 g/mol. The predicted molar refractivity (Wildman–Crippen MR) is 103 cm³/mol. The van der Waals surface area contributed by atoms with E-state index in [2.05, 4.69) is 33.5 Å². The van der Waals surface area contributed by atoms with Crippen LogP contribution in [-0.4, -0.2) is 32.4 Å². The lowest BCUT2D eigenvalue weighted by molar-refractivity contribution is 0.0519. The standard InChI is InChI=1S/C20H19N5O2/c1-3-15-16(14-11-7-9-12-8-5-6-10-13(12)14)19-23-22-17(20(26)27-4-2)18(21)25(19)24-15/h5-11H,3-4,21H2,1-2H3. The Balaban J connectivity index is 2.01. The summed E-state index contributed by atoms with van der Waals surface area (Å²) in [5.74, 6) is -0.482. The Labute approximate surface area is 155 Å². The second-order valence-corrected chi connectivity index (χ2v) is 6.09. The van der Waals surface area contributed by atoms with E-state index in [0.29, 0.717) is 12.1 Å². The summed E-state index contributed by atoms with van der Waals surface area (Å²) in [4.78, 5) is 12.1. The summed E-state index contributed by atoms with van der Waals surface area (Å²) in [7, 11) is 0. The van der Waals surface area contributed by atoms with Crippen LogP contribution in [0.3, 0.4) is 0 Å². The molecule has 2 aromatic heterocycles. The largest absolute Gasteiger partial charge is 0.461 e. The normalized spacial score (nSPS) is 11.2. The number of benzene rings is 2. The number of nitrogen functional groups attached to an aromatic ring is 1. The smallest absolute Gasteiger partial charge is 0.362 e. The monoisotopic (exact) mass is 361 g/mol. The van der Waals surface area contributed by atoms with Crippen LogP contribution >= 0.6 is 0 Å². The van der Waals surface area contributed by atoms with Crippen molar-refractivity contribution in [2.75, 3.05) is 12.3 Å². The number of fused-ring (bicyclic) bond motifs is 2. The zero-order chi connectivity index (χ0) is 19.0. The van der Waals surface area contributed by atoms with Crippen LogP contribution in [0.2, 0.25) is 0 Å². The Morgan fingerprint density at radius 1 is 1.11 bits per heavy atom. The lowest BCUT2D eigenvalue weighted by Gasteiger charge is -2.07. The van der Waals surface area contributed by atoms with Gasteiger partial charge in [0.15, 0.2) is 11.5 Å². The summed E-state index contributed by atoms with van der Waals surface area (Å²) in [6.07, 6.45) is 0.691. The minimum Gasteiger partial charge on any atom is -0.461 e. The maximum Gasteiger partial charge on any atom is 0.362 e. The van der Waals surface area contributed by atoms with Crippen LogP contribution < -0.4 is 5.73 Å². The van der Waals surface area contributed by atoms with Gasteiger partial charge in [-0.3, -0.25) is 0 Å². The molecule has 0 radical (unpaired) electrons. The topological polar surface area (TPSA) is 95.4 Å². The third-order valence-corrected chi connectivity index (χ3v) is 4.51. The molecule has 27 heavy (non-hydrogen) atoms. The van der Waals surface area contributed by atoms with Crippen molar-refractivity contribution in [3.63, 3.8) is 0 Å². The van der Waals surface area contributed by atoms with Crippen molar-refractivity contribution in [1.82, 2.24) is 19.8 Å². The molecule has 136 valence electrons. The molecule has 0 saturated heterocycles. The summed E-state index contributed by atoms with van der Waals surface area (Å²) in [6, 6.07) is 14.2. The number of aryl methyl sites for hydroxylation is 1. The highest BCUT2D eigenvalue weighted by molar-refractivity contribution is 6.01. The number of nitrogens with zero attached hydrogens (tertiary/aromatic N) is 4. The SMILES string of the molecule is CCOC(=O)c1nnc2c(-c3cccc4ccccc34)c(CC)nn2c1N. The molecule has 0 bridgehead atoms. The van der Waals surface area contributed by atoms with Gasteiger partial charge in [-0.2, -0.15) is 9.61 Å². The Morgan fingerprint density at radius 2 is 1.89 bits per heavy atom. The molecule has 7 nitrogen and oxygen atoms in total. The predicted octanol–water partition coefficient (Wildman–Crippen LogP) is 3.27. The Hall–Kier alpha value is -3.48. The number of anilines is 1. The summed E-state index contributed by atoms with van der Waals surface area (Å²) >= 11 is 0. The van der Waals surface area contributed by atoms with Gasteiger partial charge in [-0.05, 0) is 29.7 Å². The second kappa shape index (κ2) is 6.68. The van der Waals surface area contributed by atoms with Crippen LogP contribution in [0.15, 0.2) is 42.5 Å². The number of rotatable bonds is 4. The number of esters is 1. The molecule has 0 amide bonds. The summed E-state index contributed by atoms with van der Waals surface area (Å²) < 4.78 is 6.48. The van der Waals surface area contributed by atoms with E-state index in [4.69, 9.17) is 10.5 Å². The van der Waals surface area contributed by atoms with E-state index in [9.17, 15) is 4.79 Å². The van der Waals surface area contributed by atoms with Crippen molar-refractivity contribution < 1.29 is 9.53 Å². The van der Waals surface area contributed by atoms with Crippen LogP contribution in [0.5, 0.6) is 0 Å². The first-order valence-corrected chi connectivity index (χ1v) is 8.84. The molecule has 0 spiro atoms. The average Bonchev–Trinajstić information content (AvgIpc) is 3.07. The minimum atomic E-state index is -0.607. The van der Waals surface area contributed by atoms with Gasteiger partial charge in [0.05, 0.1) is 17.9 Å². The maximum absolute atomic E-state index is 12.1. The number of carbonyl (C=O) groups is 1. The zero-order valence-corrected chi connectivity index (χ0v) is 15.1. The van der Waals surface area contributed by atoms with Crippen molar-refractivity contribution >= 4 is 28.2 Å². The number of hydrogen-bond donors (Lipinski definition) is 1. The minimum absolute atomic E-state index is 0.0287. The van der Waals surface area contributed by atoms with Gasteiger partial charge < -0.3 is 10.5 Å². The van der Waals surface area contributed by atoms with Crippen molar-refractivity contribution in [3.8, 4) is 11.1 Å². The van der Waals surface area contributed by atoms with E-state index in [1.54, 1.807) is 6.92 Å². The van der Waals surface area contributed by atoms with Gasteiger partial charge in [-0.1, -0.05) is 49.4 Å². The lowest BCUT2D eigenvalue weighted by Crippen LogP contribution is -2.15. The molecule has 2 aromatic carbocycles. The third-order valence-electron chi connectivity index (χ3n) is 4.51. The highest BCUT2D eigenvalue weighted by atomic mass is 16.5. The van der Waals surface area contributed by atoms with Crippen molar-refractivity contribution in [2.24, 2.45) is 0 Å². The Bertz CT molecular complexity index is 1160. The van der Waals surface area contributed by atoms with Crippen molar-refractivity contribution in [1.29, 1.82) is 0 Å². The summed E-state index contributed by atoms with van der Waals surface area (Å²) in [5.41, 5.74) is 9.40. The number of aromatic nitrogens is 4. The van der Waals surface area contributed by atoms with Crippen molar-refractivity contribution in [3.05, 3.63) is 53.9 Å². The van der Waals surface area contributed by atoms with Gasteiger partial charge >= 0.3 is 5.97 Å². The van der Waals surface area contributed by atoms with E-state index in [0.717, 1.165) is 27.6 Å². The number of nitrogens with two attached hydrogens (primary N) is 1. The molecule has 4 rings (SSSR count). The van der Waals surface area contributed by atoms with E-state index >= 15 is 0 Å².